The quantitative estimate of drug-likeness (QED) is 0.653. The number of primary amides is 1. The Labute approximate surface area is 106 Å². The zero-order chi connectivity index (χ0) is 11.5. The summed E-state index contributed by atoms with van der Waals surface area (Å²) < 4.78 is 0. The van der Waals surface area contributed by atoms with Crippen LogP contribution in [0.3, 0.4) is 0 Å². The van der Waals surface area contributed by atoms with Crippen molar-refractivity contribution in [2.24, 2.45) is 11.1 Å². The molecule has 94 valence electrons. The maximum atomic E-state index is 11.6. The van der Waals surface area contributed by atoms with E-state index in [4.69, 9.17) is 5.73 Å². The van der Waals surface area contributed by atoms with Gasteiger partial charge in [0.25, 0.3) is 0 Å². The standard InChI is InChI=1S/C9H17N3O2S.ClH/c1-9(2,8(10)14)4-11-7(13)6-3-15-5-12-6;/h6,12H,3-5H2,1-2H3,(H2,10,14)(H,11,13);1H/t6-;/m1./s1. The Morgan fingerprint density at radius 1 is 1.56 bits per heavy atom. The molecule has 5 nitrogen and oxygen atoms in total. The van der Waals surface area contributed by atoms with Crippen molar-refractivity contribution in [1.82, 2.24) is 10.6 Å². The highest BCUT2D eigenvalue weighted by molar-refractivity contribution is 7.99. The Kier molecular flexibility index (Phi) is 6.14. The van der Waals surface area contributed by atoms with Crippen molar-refractivity contribution >= 4 is 36.0 Å². The molecule has 0 bridgehead atoms. The lowest BCUT2D eigenvalue weighted by molar-refractivity contribution is -0.127. The van der Waals surface area contributed by atoms with E-state index >= 15 is 0 Å². The van der Waals surface area contributed by atoms with Crippen molar-refractivity contribution in [1.29, 1.82) is 0 Å². The third kappa shape index (κ3) is 4.19. The fourth-order valence-corrected chi connectivity index (χ4v) is 2.02. The number of rotatable bonds is 4. The summed E-state index contributed by atoms with van der Waals surface area (Å²) in [5.74, 6) is 1.12. The van der Waals surface area contributed by atoms with Crippen LogP contribution in [0.5, 0.6) is 0 Å². The molecule has 1 aliphatic heterocycles. The first-order valence-corrected chi connectivity index (χ1v) is 5.98. The summed E-state index contributed by atoms with van der Waals surface area (Å²) in [6, 6.07) is -0.140. The Balaban J connectivity index is 0.00000225. The summed E-state index contributed by atoms with van der Waals surface area (Å²) in [5, 5.41) is 5.79. The van der Waals surface area contributed by atoms with E-state index in [9.17, 15) is 9.59 Å². The predicted molar refractivity (Wildman–Crippen MR) is 67.5 cm³/mol. The van der Waals surface area contributed by atoms with Gasteiger partial charge in [0.15, 0.2) is 0 Å². The summed E-state index contributed by atoms with van der Waals surface area (Å²) in [7, 11) is 0. The van der Waals surface area contributed by atoms with E-state index in [2.05, 4.69) is 10.6 Å². The molecule has 0 saturated carbocycles. The molecule has 0 radical (unpaired) electrons. The topological polar surface area (TPSA) is 84.2 Å². The average molecular weight is 268 g/mol. The first-order chi connectivity index (χ1) is 6.93. The predicted octanol–water partition coefficient (Wildman–Crippen LogP) is -0.302. The molecule has 0 aromatic rings. The summed E-state index contributed by atoms with van der Waals surface area (Å²) >= 11 is 1.69. The molecule has 1 saturated heterocycles. The van der Waals surface area contributed by atoms with Crippen LogP contribution in [0.2, 0.25) is 0 Å². The van der Waals surface area contributed by atoms with Gasteiger partial charge in [0.2, 0.25) is 11.8 Å². The molecule has 0 unspecified atom stereocenters. The van der Waals surface area contributed by atoms with Crippen LogP contribution in [-0.4, -0.2) is 36.0 Å². The maximum Gasteiger partial charge on any atom is 0.238 e. The lowest BCUT2D eigenvalue weighted by Gasteiger charge is -2.21. The van der Waals surface area contributed by atoms with Gasteiger partial charge < -0.3 is 11.1 Å². The van der Waals surface area contributed by atoms with Gasteiger partial charge in [-0.1, -0.05) is 0 Å². The zero-order valence-corrected chi connectivity index (χ0v) is 11.0. The summed E-state index contributed by atoms with van der Waals surface area (Å²) in [5.41, 5.74) is 4.51. The summed E-state index contributed by atoms with van der Waals surface area (Å²) in [6.45, 7) is 3.71. The molecule has 16 heavy (non-hydrogen) atoms. The molecular formula is C9H18ClN3O2S. The molecule has 4 N–H and O–H groups in total. The van der Waals surface area contributed by atoms with Crippen molar-refractivity contribution in [3.8, 4) is 0 Å². The monoisotopic (exact) mass is 267 g/mol. The molecule has 0 aromatic carbocycles. The lowest BCUT2D eigenvalue weighted by Crippen LogP contribution is -2.48. The fourth-order valence-electron chi connectivity index (χ4n) is 1.08. The molecule has 1 rings (SSSR count). The van der Waals surface area contributed by atoms with E-state index in [0.717, 1.165) is 11.6 Å². The number of nitrogens with two attached hydrogens (primary N) is 1. The van der Waals surface area contributed by atoms with Gasteiger partial charge >= 0.3 is 0 Å². The Hall–Kier alpha value is -0.460. The van der Waals surface area contributed by atoms with Crippen LogP contribution in [0.1, 0.15) is 13.8 Å². The van der Waals surface area contributed by atoms with Crippen LogP contribution >= 0.6 is 24.2 Å². The van der Waals surface area contributed by atoms with E-state index in [1.807, 2.05) is 0 Å². The van der Waals surface area contributed by atoms with Gasteiger partial charge in [-0.05, 0) is 13.8 Å². The van der Waals surface area contributed by atoms with Gasteiger partial charge in [-0.3, -0.25) is 14.9 Å². The molecule has 0 spiro atoms. The molecule has 2 amide bonds. The highest BCUT2D eigenvalue weighted by Gasteiger charge is 2.28. The molecule has 1 atom stereocenters. The van der Waals surface area contributed by atoms with Gasteiger partial charge in [-0.2, -0.15) is 0 Å². The third-order valence-corrected chi connectivity index (χ3v) is 3.34. The van der Waals surface area contributed by atoms with Crippen LogP contribution in [0.4, 0.5) is 0 Å². The van der Waals surface area contributed by atoms with E-state index in [1.54, 1.807) is 25.6 Å². The van der Waals surface area contributed by atoms with Crippen LogP contribution in [0.15, 0.2) is 0 Å². The zero-order valence-electron chi connectivity index (χ0n) is 9.41. The fraction of sp³-hybridized carbons (Fsp3) is 0.778. The van der Waals surface area contributed by atoms with Crippen molar-refractivity contribution in [2.45, 2.75) is 19.9 Å². The van der Waals surface area contributed by atoms with Crippen LogP contribution in [0.25, 0.3) is 0 Å². The van der Waals surface area contributed by atoms with Crippen LogP contribution in [-0.2, 0) is 9.59 Å². The van der Waals surface area contributed by atoms with Crippen molar-refractivity contribution in [3.63, 3.8) is 0 Å². The maximum absolute atomic E-state index is 11.6. The number of hydrogen-bond acceptors (Lipinski definition) is 4. The number of nitrogens with one attached hydrogen (secondary N) is 2. The number of hydrogen-bond donors (Lipinski definition) is 3. The first kappa shape index (κ1) is 15.5. The van der Waals surface area contributed by atoms with Crippen molar-refractivity contribution in [3.05, 3.63) is 0 Å². The molecule has 7 heteroatoms. The van der Waals surface area contributed by atoms with Crippen LogP contribution < -0.4 is 16.4 Å². The van der Waals surface area contributed by atoms with Gasteiger partial charge in [0.1, 0.15) is 0 Å². The largest absolute Gasteiger partial charge is 0.369 e. The van der Waals surface area contributed by atoms with Gasteiger partial charge in [-0.25, -0.2) is 0 Å². The third-order valence-electron chi connectivity index (χ3n) is 2.40. The molecule has 0 aromatic heterocycles. The highest BCUT2D eigenvalue weighted by Crippen LogP contribution is 2.13. The SMILES string of the molecule is CC(C)(CNC(=O)[C@H]1CSCN1)C(N)=O.Cl. The second-order valence-corrected chi connectivity index (χ2v) is 5.27. The average Bonchev–Trinajstić information content (AvgIpc) is 2.66. The Bertz CT molecular complexity index is 267. The first-order valence-electron chi connectivity index (χ1n) is 4.82. The lowest BCUT2D eigenvalue weighted by atomic mass is 9.93. The number of thioether (sulfide) groups is 1. The van der Waals surface area contributed by atoms with Crippen molar-refractivity contribution < 1.29 is 9.59 Å². The minimum atomic E-state index is -0.693. The molecule has 1 heterocycles. The minimum absolute atomic E-state index is 0. The number of carbonyl (C=O) groups is 2. The van der Waals surface area contributed by atoms with Gasteiger partial charge in [-0.15, -0.1) is 24.2 Å². The van der Waals surface area contributed by atoms with E-state index < -0.39 is 11.3 Å². The smallest absolute Gasteiger partial charge is 0.238 e. The molecular weight excluding hydrogens is 250 g/mol. The minimum Gasteiger partial charge on any atom is -0.369 e. The van der Waals surface area contributed by atoms with E-state index in [0.29, 0.717) is 0 Å². The van der Waals surface area contributed by atoms with E-state index in [-0.39, 0.29) is 30.9 Å². The second kappa shape index (κ2) is 6.32. The van der Waals surface area contributed by atoms with Crippen molar-refractivity contribution in [2.75, 3.05) is 18.2 Å². The summed E-state index contributed by atoms with van der Waals surface area (Å²) in [4.78, 5) is 22.6. The Morgan fingerprint density at radius 3 is 2.62 bits per heavy atom. The van der Waals surface area contributed by atoms with E-state index in [1.165, 1.54) is 0 Å². The van der Waals surface area contributed by atoms with Gasteiger partial charge in [0.05, 0.1) is 11.5 Å². The Morgan fingerprint density at radius 2 is 2.19 bits per heavy atom. The molecule has 0 aliphatic carbocycles. The number of amides is 2. The second-order valence-electron chi connectivity index (χ2n) is 4.24. The molecule has 1 aliphatic rings. The molecule has 1 fully saturated rings. The number of carbonyl (C=O) groups excluding carboxylic acids is 2. The number of halogens is 1. The normalized spacial score (nSPS) is 20.0. The van der Waals surface area contributed by atoms with Crippen LogP contribution in [0, 0.1) is 5.41 Å². The highest BCUT2D eigenvalue weighted by atomic mass is 35.5. The van der Waals surface area contributed by atoms with Gasteiger partial charge in [0, 0.05) is 18.2 Å². The summed E-state index contributed by atoms with van der Waals surface area (Å²) in [6.07, 6.45) is 0.